The van der Waals surface area contributed by atoms with Crippen LogP contribution in [0.25, 0.3) is 0 Å². The van der Waals surface area contributed by atoms with Gasteiger partial charge in [0.05, 0.1) is 7.11 Å². The molecule has 100 valence electrons. The van der Waals surface area contributed by atoms with Gasteiger partial charge in [0.25, 0.3) is 0 Å². The number of methoxy groups -OCH3 is 1. The number of hydrogen-bond donors (Lipinski definition) is 1. The van der Waals surface area contributed by atoms with Crippen LogP contribution >= 0.6 is 15.9 Å². The van der Waals surface area contributed by atoms with Crippen molar-refractivity contribution in [2.24, 2.45) is 0 Å². The Bertz CT molecular complexity index is 379. The molecule has 0 spiro atoms. The number of nitrogens with one attached hydrogen (secondary N) is 1. The summed E-state index contributed by atoms with van der Waals surface area (Å²) in [6, 6.07) is 6.46. The van der Waals surface area contributed by atoms with Crippen molar-refractivity contribution in [3.63, 3.8) is 0 Å². The van der Waals surface area contributed by atoms with E-state index in [9.17, 15) is 0 Å². The Kier molecular flexibility index (Phi) is 7.06. The quantitative estimate of drug-likeness (QED) is 0.715. The molecular weight excluding hydrogens is 290 g/mol. The van der Waals surface area contributed by atoms with Gasteiger partial charge >= 0.3 is 0 Å². The molecule has 1 aromatic rings. The first kappa shape index (κ1) is 15.3. The van der Waals surface area contributed by atoms with Gasteiger partial charge in [-0.2, -0.15) is 0 Å². The van der Waals surface area contributed by atoms with Crippen molar-refractivity contribution in [1.82, 2.24) is 5.32 Å². The molecule has 0 bridgehead atoms. The van der Waals surface area contributed by atoms with Crippen molar-refractivity contribution < 1.29 is 4.74 Å². The van der Waals surface area contributed by atoms with Gasteiger partial charge in [-0.25, -0.2) is 0 Å². The van der Waals surface area contributed by atoms with Crippen LogP contribution < -0.4 is 10.1 Å². The minimum atomic E-state index is 0.315. The summed E-state index contributed by atoms with van der Waals surface area (Å²) in [4.78, 5) is 0. The second-order valence-corrected chi connectivity index (χ2v) is 5.17. The lowest BCUT2D eigenvalue weighted by Crippen LogP contribution is -2.22. The molecule has 0 aromatic heterocycles. The van der Waals surface area contributed by atoms with E-state index in [1.54, 1.807) is 7.11 Å². The SMILES string of the molecule is C=CCCC(NCCC)c1cc(Br)ccc1OC. The van der Waals surface area contributed by atoms with E-state index in [1.807, 2.05) is 18.2 Å². The minimum Gasteiger partial charge on any atom is -0.496 e. The van der Waals surface area contributed by atoms with Crippen LogP contribution in [0, 0.1) is 0 Å². The Balaban J connectivity index is 2.93. The van der Waals surface area contributed by atoms with Crippen molar-refractivity contribution >= 4 is 15.9 Å². The highest BCUT2D eigenvalue weighted by Gasteiger charge is 2.15. The monoisotopic (exact) mass is 311 g/mol. The molecule has 0 fully saturated rings. The van der Waals surface area contributed by atoms with Gasteiger partial charge < -0.3 is 10.1 Å². The molecule has 0 amide bonds. The Labute approximate surface area is 119 Å². The molecule has 0 aliphatic heterocycles. The zero-order valence-electron chi connectivity index (χ0n) is 11.2. The first-order valence-electron chi connectivity index (χ1n) is 6.40. The van der Waals surface area contributed by atoms with Crippen molar-refractivity contribution in [3.8, 4) is 5.75 Å². The molecule has 1 N–H and O–H groups in total. The van der Waals surface area contributed by atoms with E-state index in [2.05, 4.69) is 40.8 Å². The molecule has 1 aromatic carbocycles. The van der Waals surface area contributed by atoms with Crippen molar-refractivity contribution in [1.29, 1.82) is 0 Å². The molecule has 0 saturated heterocycles. The standard InChI is InChI=1S/C15H22BrNO/c1-4-6-7-14(17-10-5-2)13-11-12(16)8-9-15(13)18-3/h4,8-9,11,14,17H,1,5-7,10H2,2-3H3. The van der Waals surface area contributed by atoms with Crippen molar-refractivity contribution in [2.45, 2.75) is 32.2 Å². The topological polar surface area (TPSA) is 21.3 Å². The van der Waals surface area contributed by atoms with Gasteiger partial charge in [0.1, 0.15) is 5.75 Å². The fraction of sp³-hybridized carbons (Fsp3) is 0.467. The maximum atomic E-state index is 5.45. The van der Waals surface area contributed by atoms with Gasteiger partial charge in [0.15, 0.2) is 0 Å². The van der Waals surface area contributed by atoms with Crippen LogP contribution in [-0.4, -0.2) is 13.7 Å². The predicted octanol–water partition coefficient (Wildman–Crippen LogP) is 4.46. The highest BCUT2D eigenvalue weighted by Crippen LogP contribution is 2.31. The third-order valence-electron chi connectivity index (χ3n) is 2.87. The third kappa shape index (κ3) is 4.46. The van der Waals surface area contributed by atoms with Gasteiger partial charge in [-0.05, 0) is 44.0 Å². The Morgan fingerprint density at radius 1 is 1.50 bits per heavy atom. The van der Waals surface area contributed by atoms with Crippen LogP contribution in [0.3, 0.4) is 0 Å². The van der Waals surface area contributed by atoms with E-state index in [4.69, 9.17) is 4.74 Å². The van der Waals surface area contributed by atoms with Gasteiger partial charge in [0.2, 0.25) is 0 Å². The Morgan fingerprint density at radius 2 is 2.28 bits per heavy atom. The van der Waals surface area contributed by atoms with E-state index in [0.29, 0.717) is 6.04 Å². The van der Waals surface area contributed by atoms with Crippen LogP contribution in [0.1, 0.15) is 37.8 Å². The zero-order valence-corrected chi connectivity index (χ0v) is 12.8. The fourth-order valence-corrected chi connectivity index (χ4v) is 2.33. The lowest BCUT2D eigenvalue weighted by Gasteiger charge is -2.21. The minimum absolute atomic E-state index is 0.315. The van der Waals surface area contributed by atoms with Crippen LogP contribution in [0.2, 0.25) is 0 Å². The smallest absolute Gasteiger partial charge is 0.123 e. The first-order chi connectivity index (χ1) is 8.72. The van der Waals surface area contributed by atoms with E-state index in [-0.39, 0.29) is 0 Å². The molecule has 2 nitrogen and oxygen atoms in total. The number of rotatable bonds is 8. The van der Waals surface area contributed by atoms with Crippen LogP contribution in [0.5, 0.6) is 5.75 Å². The highest BCUT2D eigenvalue weighted by molar-refractivity contribution is 9.10. The summed E-state index contributed by atoms with van der Waals surface area (Å²) in [5.74, 6) is 0.941. The van der Waals surface area contributed by atoms with E-state index in [1.165, 1.54) is 5.56 Å². The Morgan fingerprint density at radius 3 is 2.89 bits per heavy atom. The van der Waals surface area contributed by atoms with Crippen molar-refractivity contribution in [2.75, 3.05) is 13.7 Å². The second kappa shape index (κ2) is 8.33. The van der Waals surface area contributed by atoms with Gasteiger partial charge in [-0.1, -0.05) is 28.9 Å². The number of halogens is 1. The number of hydrogen-bond acceptors (Lipinski definition) is 2. The zero-order chi connectivity index (χ0) is 13.4. The van der Waals surface area contributed by atoms with E-state index >= 15 is 0 Å². The lowest BCUT2D eigenvalue weighted by molar-refractivity contribution is 0.395. The summed E-state index contributed by atoms with van der Waals surface area (Å²) in [7, 11) is 1.72. The molecule has 1 unspecified atom stereocenters. The number of benzene rings is 1. The normalized spacial score (nSPS) is 12.2. The molecule has 0 aliphatic carbocycles. The largest absolute Gasteiger partial charge is 0.496 e. The maximum Gasteiger partial charge on any atom is 0.123 e. The van der Waals surface area contributed by atoms with Gasteiger partial charge in [-0.3, -0.25) is 0 Å². The number of ether oxygens (including phenoxy) is 1. The molecule has 0 radical (unpaired) electrons. The third-order valence-corrected chi connectivity index (χ3v) is 3.36. The molecule has 1 atom stereocenters. The molecular formula is C15H22BrNO. The van der Waals surface area contributed by atoms with Crippen LogP contribution in [-0.2, 0) is 0 Å². The summed E-state index contributed by atoms with van der Waals surface area (Å²) >= 11 is 3.53. The fourth-order valence-electron chi connectivity index (χ4n) is 1.95. The molecule has 3 heteroatoms. The summed E-state index contributed by atoms with van der Waals surface area (Å²) in [6.07, 6.45) is 5.12. The first-order valence-corrected chi connectivity index (χ1v) is 7.20. The summed E-state index contributed by atoms with van der Waals surface area (Å²) < 4.78 is 6.54. The van der Waals surface area contributed by atoms with Crippen LogP contribution in [0.4, 0.5) is 0 Å². The molecule has 0 aliphatic rings. The predicted molar refractivity (Wildman–Crippen MR) is 81.2 cm³/mol. The van der Waals surface area contributed by atoms with Crippen LogP contribution in [0.15, 0.2) is 35.3 Å². The lowest BCUT2D eigenvalue weighted by atomic mass is 10.0. The summed E-state index contributed by atoms with van der Waals surface area (Å²) in [5, 5.41) is 3.57. The summed E-state index contributed by atoms with van der Waals surface area (Å²) in [5.41, 5.74) is 1.21. The molecule has 1 rings (SSSR count). The Hall–Kier alpha value is -0.800. The van der Waals surface area contributed by atoms with Gasteiger partial charge in [-0.15, -0.1) is 6.58 Å². The van der Waals surface area contributed by atoms with E-state index < -0.39 is 0 Å². The van der Waals surface area contributed by atoms with Gasteiger partial charge in [0, 0.05) is 16.1 Å². The average Bonchev–Trinajstić information content (AvgIpc) is 2.39. The highest BCUT2D eigenvalue weighted by atomic mass is 79.9. The summed E-state index contributed by atoms with van der Waals surface area (Å²) in [6.45, 7) is 6.99. The van der Waals surface area contributed by atoms with E-state index in [0.717, 1.165) is 36.0 Å². The van der Waals surface area contributed by atoms with Crippen molar-refractivity contribution in [3.05, 3.63) is 40.9 Å². The molecule has 0 heterocycles. The number of allylic oxidation sites excluding steroid dienone is 1. The molecule has 0 saturated carbocycles. The second-order valence-electron chi connectivity index (χ2n) is 4.26. The maximum absolute atomic E-state index is 5.45. The molecule has 18 heavy (non-hydrogen) atoms. The average molecular weight is 312 g/mol.